The average Bonchev–Trinajstić information content (AvgIpc) is 2.63. The van der Waals surface area contributed by atoms with Crippen molar-refractivity contribution in [3.05, 3.63) is 63.9 Å². The van der Waals surface area contributed by atoms with Gasteiger partial charge in [0, 0.05) is 23.8 Å². The molecule has 1 atom stereocenters. The fourth-order valence-electron chi connectivity index (χ4n) is 3.37. The first-order chi connectivity index (χ1) is 12.9. The van der Waals surface area contributed by atoms with Gasteiger partial charge >= 0.3 is 0 Å². The van der Waals surface area contributed by atoms with Gasteiger partial charge in [0.1, 0.15) is 5.82 Å². The molecule has 142 valence electrons. The van der Waals surface area contributed by atoms with Gasteiger partial charge in [-0.15, -0.1) is 0 Å². The molecule has 0 saturated carbocycles. The second-order valence-electron chi connectivity index (χ2n) is 6.95. The number of hydrogen-bond acceptors (Lipinski definition) is 2. The highest BCUT2D eigenvalue weighted by molar-refractivity contribution is 6.34. The van der Waals surface area contributed by atoms with Gasteiger partial charge in [-0.25, -0.2) is 4.39 Å². The van der Waals surface area contributed by atoms with Crippen LogP contribution < -0.4 is 5.32 Å². The zero-order valence-corrected chi connectivity index (χ0v) is 16.1. The molecular weight excluding hydrogens is 367 g/mol. The van der Waals surface area contributed by atoms with Gasteiger partial charge in [-0.1, -0.05) is 11.6 Å². The SMILES string of the molecule is Cc1cc(C(=O)N2CCCC[C@H]2C)ccc1NC(=O)c1ccc(F)cc1Cl. The van der Waals surface area contributed by atoms with Gasteiger partial charge in [0.25, 0.3) is 11.8 Å². The van der Waals surface area contributed by atoms with E-state index >= 15 is 0 Å². The van der Waals surface area contributed by atoms with Crippen LogP contribution in [0.2, 0.25) is 5.02 Å². The Balaban J connectivity index is 1.76. The van der Waals surface area contributed by atoms with E-state index in [0.717, 1.165) is 37.4 Å². The summed E-state index contributed by atoms with van der Waals surface area (Å²) in [5, 5.41) is 2.82. The lowest BCUT2D eigenvalue weighted by atomic mass is 10.0. The van der Waals surface area contributed by atoms with Gasteiger partial charge in [-0.05, 0) is 75.1 Å². The molecule has 0 unspecified atom stereocenters. The molecule has 1 heterocycles. The second kappa shape index (κ2) is 8.09. The molecule has 1 fully saturated rings. The summed E-state index contributed by atoms with van der Waals surface area (Å²) in [5.74, 6) is -0.904. The van der Waals surface area contributed by atoms with Crippen molar-refractivity contribution in [3.63, 3.8) is 0 Å². The number of carbonyl (C=O) groups excluding carboxylic acids is 2. The van der Waals surface area contributed by atoms with Crippen molar-refractivity contribution < 1.29 is 14.0 Å². The minimum absolute atomic E-state index is 0.0183. The number of amides is 2. The van der Waals surface area contributed by atoms with Crippen LogP contribution in [0.1, 0.15) is 52.5 Å². The molecule has 1 saturated heterocycles. The normalized spacial score (nSPS) is 16.9. The standard InChI is InChI=1S/C21H22ClFN2O2/c1-13-11-15(21(27)25-10-4-3-5-14(25)2)6-9-19(13)24-20(26)17-8-7-16(23)12-18(17)22/h6-9,11-12,14H,3-5,10H2,1-2H3,(H,24,26)/t14-/m1/s1. The van der Waals surface area contributed by atoms with E-state index in [4.69, 9.17) is 11.6 Å². The number of aryl methyl sites for hydroxylation is 1. The summed E-state index contributed by atoms with van der Waals surface area (Å²) in [6.07, 6.45) is 3.21. The van der Waals surface area contributed by atoms with Gasteiger partial charge < -0.3 is 10.2 Å². The Kier molecular flexibility index (Phi) is 5.80. The third-order valence-corrected chi connectivity index (χ3v) is 5.27. The maximum atomic E-state index is 13.2. The van der Waals surface area contributed by atoms with Crippen molar-refractivity contribution in [1.29, 1.82) is 0 Å². The predicted molar refractivity (Wildman–Crippen MR) is 105 cm³/mol. The molecule has 2 aromatic rings. The summed E-state index contributed by atoms with van der Waals surface area (Å²) in [6, 6.07) is 9.10. The second-order valence-corrected chi connectivity index (χ2v) is 7.36. The number of carbonyl (C=O) groups is 2. The predicted octanol–water partition coefficient (Wildman–Crippen LogP) is 5.05. The molecule has 3 rings (SSSR count). The number of piperidine rings is 1. The maximum Gasteiger partial charge on any atom is 0.257 e. The van der Waals surface area contributed by atoms with E-state index in [1.807, 2.05) is 11.8 Å². The Hall–Kier alpha value is -2.40. The Morgan fingerprint density at radius 2 is 1.96 bits per heavy atom. The van der Waals surface area contributed by atoms with Crippen molar-refractivity contribution in [3.8, 4) is 0 Å². The van der Waals surface area contributed by atoms with Crippen LogP contribution in [0.25, 0.3) is 0 Å². The number of nitrogens with one attached hydrogen (secondary N) is 1. The molecule has 0 aliphatic carbocycles. The van der Waals surface area contributed by atoms with E-state index in [9.17, 15) is 14.0 Å². The molecule has 0 spiro atoms. The van der Waals surface area contributed by atoms with E-state index in [2.05, 4.69) is 12.2 Å². The van der Waals surface area contributed by atoms with E-state index < -0.39 is 11.7 Å². The highest BCUT2D eigenvalue weighted by Crippen LogP contribution is 2.24. The molecule has 0 bridgehead atoms. The molecule has 0 aromatic heterocycles. The van der Waals surface area contributed by atoms with Gasteiger partial charge in [0.05, 0.1) is 10.6 Å². The van der Waals surface area contributed by atoms with Crippen LogP contribution >= 0.6 is 11.6 Å². The van der Waals surface area contributed by atoms with Crippen LogP contribution in [0, 0.1) is 12.7 Å². The number of likely N-dealkylation sites (tertiary alicyclic amines) is 1. The zero-order chi connectivity index (χ0) is 19.6. The Bertz CT molecular complexity index is 884. The number of halogens is 2. The van der Waals surface area contributed by atoms with Crippen LogP contribution in [0.4, 0.5) is 10.1 Å². The van der Waals surface area contributed by atoms with E-state index in [-0.39, 0.29) is 22.5 Å². The summed E-state index contributed by atoms with van der Waals surface area (Å²) < 4.78 is 13.2. The van der Waals surface area contributed by atoms with E-state index in [1.165, 1.54) is 12.1 Å². The van der Waals surface area contributed by atoms with Gasteiger partial charge in [-0.3, -0.25) is 9.59 Å². The quantitative estimate of drug-likeness (QED) is 0.799. The van der Waals surface area contributed by atoms with E-state index in [0.29, 0.717) is 11.3 Å². The minimum Gasteiger partial charge on any atom is -0.336 e. The Morgan fingerprint density at radius 3 is 2.63 bits per heavy atom. The molecule has 2 amide bonds. The summed E-state index contributed by atoms with van der Waals surface area (Å²) in [7, 11) is 0. The summed E-state index contributed by atoms with van der Waals surface area (Å²) in [5.41, 5.74) is 2.17. The number of hydrogen-bond donors (Lipinski definition) is 1. The molecule has 1 aliphatic heterocycles. The largest absolute Gasteiger partial charge is 0.336 e. The first kappa shape index (κ1) is 19.4. The van der Waals surface area contributed by atoms with E-state index in [1.54, 1.807) is 18.2 Å². The highest BCUT2D eigenvalue weighted by Gasteiger charge is 2.24. The Morgan fingerprint density at radius 1 is 1.19 bits per heavy atom. The van der Waals surface area contributed by atoms with Crippen LogP contribution in [0.5, 0.6) is 0 Å². The first-order valence-electron chi connectivity index (χ1n) is 9.05. The summed E-state index contributed by atoms with van der Waals surface area (Å²) >= 11 is 5.95. The molecule has 0 radical (unpaired) electrons. The van der Waals surface area contributed by atoms with Crippen LogP contribution in [0.3, 0.4) is 0 Å². The van der Waals surface area contributed by atoms with Gasteiger partial charge in [0.2, 0.25) is 0 Å². The molecular formula is C21H22ClFN2O2. The zero-order valence-electron chi connectivity index (χ0n) is 15.4. The van der Waals surface area contributed by atoms with Crippen LogP contribution in [-0.4, -0.2) is 29.3 Å². The first-order valence-corrected chi connectivity index (χ1v) is 9.42. The Labute approximate surface area is 163 Å². The van der Waals surface area contributed by atoms with Gasteiger partial charge in [-0.2, -0.15) is 0 Å². The van der Waals surface area contributed by atoms with Crippen molar-refractivity contribution in [1.82, 2.24) is 4.90 Å². The van der Waals surface area contributed by atoms with Gasteiger partial charge in [0.15, 0.2) is 0 Å². The average molecular weight is 389 g/mol. The lowest BCUT2D eigenvalue weighted by Gasteiger charge is -2.33. The summed E-state index contributed by atoms with van der Waals surface area (Å²) in [6.45, 7) is 4.68. The molecule has 1 N–H and O–H groups in total. The monoisotopic (exact) mass is 388 g/mol. The molecule has 1 aliphatic rings. The third kappa shape index (κ3) is 4.30. The number of benzene rings is 2. The maximum absolute atomic E-state index is 13.2. The highest BCUT2D eigenvalue weighted by atomic mass is 35.5. The van der Waals surface area contributed by atoms with Crippen molar-refractivity contribution in [2.75, 3.05) is 11.9 Å². The fourth-order valence-corrected chi connectivity index (χ4v) is 3.62. The number of nitrogens with zero attached hydrogens (tertiary/aromatic N) is 1. The molecule has 2 aromatic carbocycles. The number of rotatable bonds is 3. The lowest BCUT2D eigenvalue weighted by Crippen LogP contribution is -2.42. The third-order valence-electron chi connectivity index (χ3n) is 4.96. The van der Waals surface area contributed by atoms with Crippen molar-refractivity contribution in [2.24, 2.45) is 0 Å². The van der Waals surface area contributed by atoms with Crippen LogP contribution in [0.15, 0.2) is 36.4 Å². The van der Waals surface area contributed by atoms with Crippen molar-refractivity contribution in [2.45, 2.75) is 39.2 Å². The minimum atomic E-state index is -0.498. The molecule has 6 heteroatoms. The van der Waals surface area contributed by atoms with Crippen molar-refractivity contribution >= 4 is 29.1 Å². The topological polar surface area (TPSA) is 49.4 Å². The lowest BCUT2D eigenvalue weighted by molar-refractivity contribution is 0.0635. The molecule has 4 nitrogen and oxygen atoms in total. The van der Waals surface area contributed by atoms with Crippen LogP contribution in [-0.2, 0) is 0 Å². The number of anilines is 1. The smallest absolute Gasteiger partial charge is 0.257 e. The summed E-state index contributed by atoms with van der Waals surface area (Å²) in [4.78, 5) is 27.1. The molecule has 27 heavy (non-hydrogen) atoms. The fraction of sp³-hybridized carbons (Fsp3) is 0.333.